The molecule has 1 heterocycles. The van der Waals surface area contributed by atoms with E-state index in [-0.39, 0.29) is 17.5 Å². The second kappa shape index (κ2) is 6.18. The minimum absolute atomic E-state index is 0.00651. The van der Waals surface area contributed by atoms with Crippen molar-refractivity contribution in [2.45, 2.75) is 64.0 Å². The van der Waals surface area contributed by atoms with Gasteiger partial charge in [0.05, 0.1) is 12.3 Å². The predicted molar refractivity (Wildman–Crippen MR) is 124 cm³/mol. The van der Waals surface area contributed by atoms with Crippen molar-refractivity contribution >= 4 is 11.6 Å². The van der Waals surface area contributed by atoms with Gasteiger partial charge in [-0.1, -0.05) is 30.3 Å². The maximum Gasteiger partial charge on any atom is 0.323 e. The molecule has 1 saturated carbocycles. The number of urea groups is 1. The molecule has 2 amide bonds. The second-order valence-electron chi connectivity index (χ2n) is 10.8. The Bertz CT molecular complexity index is 1190. The Hall–Kier alpha value is -2.75. The number of allylic oxidation sites excluding steroid dienone is 1. The number of amides is 2. The summed E-state index contributed by atoms with van der Waals surface area (Å²) in [5.41, 5.74) is 7.55. The van der Waals surface area contributed by atoms with Gasteiger partial charge in [0.25, 0.3) is 0 Å². The summed E-state index contributed by atoms with van der Waals surface area (Å²) in [6.45, 7) is 5.07. The van der Waals surface area contributed by atoms with Gasteiger partial charge in [-0.3, -0.25) is 4.90 Å². The highest BCUT2D eigenvalue weighted by atomic mass is 16.5. The summed E-state index contributed by atoms with van der Waals surface area (Å²) in [7, 11) is 0. The maximum atomic E-state index is 13.5. The number of nitrogens with one attached hydrogen (secondary N) is 1. The molecule has 0 radical (unpaired) electrons. The largest absolute Gasteiger partial charge is 0.493 e. The molecule has 32 heavy (non-hydrogen) atoms. The Morgan fingerprint density at radius 2 is 1.97 bits per heavy atom. The molecule has 2 fully saturated rings. The topological polar surface area (TPSA) is 41.6 Å². The van der Waals surface area contributed by atoms with Gasteiger partial charge in [0.1, 0.15) is 11.3 Å². The Morgan fingerprint density at radius 1 is 1.12 bits per heavy atom. The fourth-order valence-corrected chi connectivity index (χ4v) is 7.05. The fraction of sp³-hybridized carbons (Fsp3) is 0.464. The van der Waals surface area contributed by atoms with Crippen LogP contribution in [0.5, 0.6) is 5.75 Å². The van der Waals surface area contributed by atoms with Gasteiger partial charge >= 0.3 is 6.03 Å². The predicted octanol–water partition coefficient (Wildman–Crippen LogP) is 5.41. The first kappa shape index (κ1) is 18.8. The summed E-state index contributed by atoms with van der Waals surface area (Å²) >= 11 is 0. The van der Waals surface area contributed by atoms with Gasteiger partial charge < -0.3 is 10.1 Å². The van der Waals surface area contributed by atoms with Crippen LogP contribution in [-0.4, -0.2) is 23.6 Å². The van der Waals surface area contributed by atoms with Gasteiger partial charge in [-0.05, 0) is 98.2 Å². The van der Waals surface area contributed by atoms with E-state index in [1.165, 1.54) is 46.4 Å². The highest BCUT2D eigenvalue weighted by molar-refractivity contribution is 5.92. The van der Waals surface area contributed by atoms with Crippen molar-refractivity contribution in [1.29, 1.82) is 0 Å². The number of aryl methyl sites for hydroxylation is 1. The lowest BCUT2D eigenvalue weighted by Gasteiger charge is -2.40. The van der Waals surface area contributed by atoms with Gasteiger partial charge in [0.2, 0.25) is 0 Å². The lowest BCUT2D eigenvalue weighted by Crippen LogP contribution is -2.49. The smallest absolute Gasteiger partial charge is 0.323 e. The van der Waals surface area contributed by atoms with E-state index in [0.29, 0.717) is 0 Å². The molecule has 1 saturated heterocycles. The standard InChI is InChI=1S/C28H30N2O2/c1-17(2)30-25-23-15-27(12-11-19-5-3-4-6-22(19)23)14-20-9-10-21(32-16-18-7-8-18)13-24(20)28(25,27)29-26(30)31/h3-6,9-10,13,17-18H,7-8,11-12,14-16H2,1-2H3,(H,29,31). The first-order valence-corrected chi connectivity index (χ1v) is 12.2. The average molecular weight is 427 g/mol. The molecule has 0 aromatic heterocycles. The van der Waals surface area contributed by atoms with Gasteiger partial charge in [-0.15, -0.1) is 0 Å². The molecule has 2 atom stereocenters. The van der Waals surface area contributed by atoms with Crippen LogP contribution in [0.25, 0.3) is 5.57 Å². The first-order valence-electron chi connectivity index (χ1n) is 12.2. The van der Waals surface area contributed by atoms with E-state index in [4.69, 9.17) is 4.74 Å². The molecular formula is C28H30N2O2. The third kappa shape index (κ3) is 2.26. The molecule has 2 aromatic rings. The number of carbonyl (C=O) groups is 1. The van der Waals surface area contributed by atoms with Crippen molar-refractivity contribution < 1.29 is 9.53 Å². The molecule has 2 aromatic carbocycles. The number of ether oxygens (including phenoxy) is 1. The summed E-state index contributed by atoms with van der Waals surface area (Å²) in [6.07, 6.45) is 6.75. The first-order chi connectivity index (χ1) is 15.5. The van der Waals surface area contributed by atoms with Gasteiger partial charge in [-0.2, -0.15) is 0 Å². The molecule has 1 N–H and O–H groups in total. The van der Waals surface area contributed by atoms with E-state index >= 15 is 0 Å². The molecular weight excluding hydrogens is 396 g/mol. The van der Waals surface area contributed by atoms with Crippen LogP contribution in [0.1, 0.15) is 61.8 Å². The summed E-state index contributed by atoms with van der Waals surface area (Å²) in [5, 5.41) is 3.58. The summed E-state index contributed by atoms with van der Waals surface area (Å²) in [5.74, 6) is 1.67. The van der Waals surface area contributed by atoms with Crippen molar-refractivity contribution in [2.75, 3.05) is 6.61 Å². The Morgan fingerprint density at radius 3 is 2.78 bits per heavy atom. The molecule has 7 rings (SSSR count). The Labute approximate surface area is 189 Å². The van der Waals surface area contributed by atoms with Crippen LogP contribution in [0.2, 0.25) is 0 Å². The van der Waals surface area contributed by atoms with Crippen LogP contribution in [0, 0.1) is 11.3 Å². The van der Waals surface area contributed by atoms with Crippen molar-refractivity contribution in [3.8, 4) is 5.75 Å². The molecule has 4 heteroatoms. The van der Waals surface area contributed by atoms with Crippen LogP contribution >= 0.6 is 0 Å². The molecule has 2 spiro atoms. The quantitative estimate of drug-likeness (QED) is 0.710. The maximum absolute atomic E-state index is 13.5. The SMILES string of the molecule is CC(C)N1C(=O)NC23C1=C1CC2(CCc2ccccc21)Cc1ccc(OCC2CC2)cc13. The molecule has 4 aliphatic carbocycles. The number of fused-ring (bicyclic) bond motifs is 4. The zero-order valence-corrected chi connectivity index (χ0v) is 18.9. The van der Waals surface area contributed by atoms with Crippen molar-refractivity contribution in [2.24, 2.45) is 11.3 Å². The third-order valence-electron chi connectivity index (χ3n) is 8.63. The van der Waals surface area contributed by atoms with Crippen LogP contribution in [0.3, 0.4) is 0 Å². The number of nitrogens with zero attached hydrogens (tertiary/aromatic N) is 1. The minimum atomic E-state index is -0.439. The monoisotopic (exact) mass is 426 g/mol. The van der Waals surface area contributed by atoms with E-state index in [2.05, 4.69) is 61.6 Å². The zero-order valence-electron chi connectivity index (χ0n) is 18.9. The Kier molecular flexibility index (Phi) is 3.63. The molecule has 2 unspecified atom stereocenters. The van der Waals surface area contributed by atoms with Gasteiger partial charge in [0, 0.05) is 11.5 Å². The lowest BCUT2D eigenvalue weighted by atomic mass is 9.68. The fourth-order valence-electron chi connectivity index (χ4n) is 7.05. The van der Waals surface area contributed by atoms with Gasteiger partial charge in [0.15, 0.2) is 0 Å². The van der Waals surface area contributed by atoms with Crippen molar-refractivity contribution in [3.05, 3.63) is 70.4 Å². The normalized spacial score (nSPS) is 29.5. The lowest BCUT2D eigenvalue weighted by molar-refractivity contribution is 0.158. The average Bonchev–Trinajstić information content (AvgIpc) is 3.47. The van der Waals surface area contributed by atoms with Crippen LogP contribution in [0.4, 0.5) is 4.79 Å². The minimum Gasteiger partial charge on any atom is -0.493 e. The van der Waals surface area contributed by atoms with E-state index in [9.17, 15) is 4.79 Å². The van der Waals surface area contributed by atoms with E-state index in [1.807, 2.05) is 4.90 Å². The van der Waals surface area contributed by atoms with Gasteiger partial charge in [-0.25, -0.2) is 4.79 Å². The van der Waals surface area contributed by atoms with E-state index in [1.54, 1.807) is 0 Å². The van der Waals surface area contributed by atoms with E-state index < -0.39 is 5.54 Å². The highest BCUT2D eigenvalue weighted by Crippen LogP contribution is 2.69. The summed E-state index contributed by atoms with van der Waals surface area (Å²) < 4.78 is 6.20. The van der Waals surface area contributed by atoms with Crippen LogP contribution in [0.15, 0.2) is 48.2 Å². The van der Waals surface area contributed by atoms with E-state index in [0.717, 1.165) is 44.0 Å². The third-order valence-corrected chi connectivity index (χ3v) is 8.63. The zero-order chi connectivity index (χ0) is 21.7. The second-order valence-corrected chi connectivity index (χ2v) is 10.8. The highest BCUT2D eigenvalue weighted by Gasteiger charge is 2.70. The number of hydrogen-bond acceptors (Lipinski definition) is 2. The Balaban J connectivity index is 1.46. The number of hydrogen-bond donors (Lipinski definition) is 1. The number of rotatable bonds is 4. The van der Waals surface area contributed by atoms with Crippen molar-refractivity contribution in [3.63, 3.8) is 0 Å². The van der Waals surface area contributed by atoms with Crippen LogP contribution in [-0.2, 0) is 18.4 Å². The molecule has 4 nitrogen and oxygen atoms in total. The van der Waals surface area contributed by atoms with Crippen molar-refractivity contribution in [1.82, 2.24) is 10.2 Å². The molecule has 1 aliphatic heterocycles. The summed E-state index contributed by atoms with van der Waals surface area (Å²) in [6, 6.07) is 15.7. The summed E-state index contributed by atoms with van der Waals surface area (Å²) in [4.78, 5) is 15.5. The van der Waals surface area contributed by atoms with Crippen LogP contribution < -0.4 is 10.1 Å². The number of benzene rings is 2. The molecule has 2 bridgehead atoms. The molecule has 164 valence electrons. The molecule has 5 aliphatic rings. The number of carbonyl (C=O) groups excluding carboxylic acids is 1.